The Morgan fingerprint density at radius 3 is 2.65 bits per heavy atom. The van der Waals surface area contributed by atoms with Crippen molar-refractivity contribution in [2.75, 3.05) is 6.79 Å². The SMILES string of the molecule is CC[C@H](C)[C@H](CC(=O)[C@H](CC1CCCCC1)NC(=O)c1ccno1)C(=O)NCc1cccc2c1OCO2. The Morgan fingerprint density at radius 1 is 1.11 bits per heavy atom. The molecule has 1 aromatic carbocycles. The van der Waals surface area contributed by atoms with Crippen molar-refractivity contribution in [3.63, 3.8) is 0 Å². The van der Waals surface area contributed by atoms with Crippen LogP contribution in [0.3, 0.4) is 0 Å². The van der Waals surface area contributed by atoms with Gasteiger partial charge in [0.05, 0.1) is 12.2 Å². The summed E-state index contributed by atoms with van der Waals surface area (Å²) < 4.78 is 16.0. The minimum Gasteiger partial charge on any atom is -0.454 e. The van der Waals surface area contributed by atoms with E-state index in [1.165, 1.54) is 18.7 Å². The Bertz CT molecular complexity index is 1060. The lowest BCUT2D eigenvalue weighted by Crippen LogP contribution is -2.45. The highest BCUT2D eigenvalue weighted by molar-refractivity contribution is 5.97. The molecular weight excluding hydrogens is 474 g/mol. The molecular formula is C28H37N3O6. The van der Waals surface area contributed by atoms with Crippen molar-refractivity contribution in [3.05, 3.63) is 41.8 Å². The van der Waals surface area contributed by atoms with Crippen molar-refractivity contribution in [2.45, 2.75) is 77.8 Å². The van der Waals surface area contributed by atoms with Gasteiger partial charge in [-0.25, -0.2) is 0 Å². The molecule has 0 bridgehead atoms. The third-order valence-corrected chi connectivity index (χ3v) is 7.67. The standard InChI is InChI=1S/C28H37N3O6/c1-3-18(2)21(27(33)29-16-20-10-7-11-24-26(20)36-17-35-24)15-23(32)22(14-19-8-5-4-6-9-19)31-28(34)25-12-13-30-37-25/h7,10-13,18-19,21-22H,3-6,8-9,14-17H2,1-2H3,(H,29,33)(H,31,34)/t18-,21-,22-/m0/s1. The summed E-state index contributed by atoms with van der Waals surface area (Å²) in [7, 11) is 0. The fourth-order valence-electron chi connectivity index (χ4n) is 5.23. The Morgan fingerprint density at radius 2 is 1.92 bits per heavy atom. The molecule has 1 fully saturated rings. The fraction of sp³-hybridized carbons (Fsp3) is 0.571. The summed E-state index contributed by atoms with van der Waals surface area (Å²) in [5.41, 5.74) is 0.826. The topological polar surface area (TPSA) is 120 Å². The maximum absolute atomic E-state index is 13.6. The molecule has 2 heterocycles. The average Bonchev–Trinajstić information content (AvgIpc) is 3.63. The fourth-order valence-corrected chi connectivity index (χ4v) is 5.23. The summed E-state index contributed by atoms with van der Waals surface area (Å²) in [6.07, 6.45) is 8.35. The van der Waals surface area contributed by atoms with Crippen LogP contribution in [0.4, 0.5) is 0 Å². The van der Waals surface area contributed by atoms with Crippen molar-refractivity contribution in [1.29, 1.82) is 0 Å². The molecule has 1 aliphatic heterocycles. The molecule has 2 aromatic rings. The van der Waals surface area contributed by atoms with Crippen LogP contribution in [-0.4, -0.2) is 35.6 Å². The Labute approximate surface area is 217 Å². The number of para-hydroxylation sites is 1. The number of hydrogen-bond donors (Lipinski definition) is 2. The first-order valence-electron chi connectivity index (χ1n) is 13.4. The second-order valence-electron chi connectivity index (χ2n) is 10.2. The smallest absolute Gasteiger partial charge is 0.290 e. The van der Waals surface area contributed by atoms with E-state index < -0.39 is 17.9 Å². The first-order chi connectivity index (χ1) is 18.0. The molecule has 200 valence electrons. The zero-order chi connectivity index (χ0) is 26.2. The van der Waals surface area contributed by atoms with Gasteiger partial charge in [0.25, 0.3) is 5.91 Å². The molecule has 9 heteroatoms. The van der Waals surface area contributed by atoms with Crippen molar-refractivity contribution >= 4 is 17.6 Å². The highest BCUT2D eigenvalue weighted by Gasteiger charge is 2.33. The lowest BCUT2D eigenvalue weighted by Gasteiger charge is -2.28. The Balaban J connectivity index is 1.44. The van der Waals surface area contributed by atoms with Crippen molar-refractivity contribution in [1.82, 2.24) is 15.8 Å². The van der Waals surface area contributed by atoms with E-state index in [1.54, 1.807) is 0 Å². The maximum Gasteiger partial charge on any atom is 0.290 e. The summed E-state index contributed by atoms with van der Waals surface area (Å²) in [6, 6.07) is 6.37. The summed E-state index contributed by atoms with van der Waals surface area (Å²) in [4.78, 5) is 39.7. The quantitative estimate of drug-likeness (QED) is 0.433. The van der Waals surface area contributed by atoms with Gasteiger partial charge in [-0.15, -0.1) is 0 Å². The van der Waals surface area contributed by atoms with Crippen molar-refractivity contribution in [2.24, 2.45) is 17.8 Å². The number of ketones is 1. The number of nitrogens with zero attached hydrogens (tertiary/aromatic N) is 1. The van der Waals surface area contributed by atoms with E-state index in [4.69, 9.17) is 14.0 Å². The van der Waals surface area contributed by atoms with Crippen LogP contribution in [0.5, 0.6) is 11.5 Å². The van der Waals surface area contributed by atoms with Crippen LogP contribution in [-0.2, 0) is 16.1 Å². The van der Waals surface area contributed by atoms with Gasteiger partial charge >= 0.3 is 0 Å². The number of aromatic nitrogens is 1. The van der Waals surface area contributed by atoms with Crippen molar-refractivity contribution in [3.8, 4) is 11.5 Å². The summed E-state index contributed by atoms with van der Waals surface area (Å²) in [6.45, 7) is 4.43. The van der Waals surface area contributed by atoms with Crippen LogP contribution in [0.25, 0.3) is 0 Å². The highest BCUT2D eigenvalue weighted by atomic mass is 16.7. The van der Waals surface area contributed by atoms with E-state index in [0.29, 0.717) is 23.8 Å². The Hall–Kier alpha value is -3.36. The molecule has 9 nitrogen and oxygen atoms in total. The average molecular weight is 512 g/mol. The Kier molecular flexibility index (Phi) is 9.19. The van der Waals surface area contributed by atoms with Gasteiger partial charge in [0.1, 0.15) is 0 Å². The molecule has 1 aliphatic carbocycles. The monoisotopic (exact) mass is 511 g/mol. The molecule has 0 spiro atoms. The molecule has 1 aromatic heterocycles. The number of carbonyl (C=O) groups excluding carboxylic acids is 3. The van der Waals surface area contributed by atoms with Gasteiger partial charge in [-0.2, -0.15) is 0 Å². The van der Waals surface area contributed by atoms with Crippen LogP contribution in [0, 0.1) is 17.8 Å². The van der Waals surface area contributed by atoms with E-state index in [-0.39, 0.29) is 43.1 Å². The second-order valence-corrected chi connectivity index (χ2v) is 10.2. The maximum atomic E-state index is 13.6. The van der Waals surface area contributed by atoms with Gasteiger partial charge < -0.3 is 24.6 Å². The molecule has 1 saturated carbocycles. The number of nitrogens with one attached hydrogen (secondary N) is 2. The lowest BCUT2D eigenvalue weighted by molar-refractivity contribution is -0.132. The lowest BCUT2D eigenvalue weighted by atomic mass is 9.81. The number of hydrogen-bond acceptors (Lipinski definition) is 7. The summed E-state index contributed by atoms with van der Waals surface area (Å²) in [5, 5.41) is 9.46. The number of amides is 2. The highest BCUT2D eigenvalue weighted by Crippen LogP contribution is 2.35. The summed E-state index contributed by atoms with van der Waals surface area (Å²) >= 11 is 0. The first kappa shape index (κ1) is 26.7. The molecule has 2 N–H and O–H groups in total. The molecule has 0 saturated heterocycles. The molecule has 2 aliphatic rings. The van der Waals surface area contributed by atoms with Gasteiger partial charge in [0.2, 0.25) is 18.5 Å². The van der Waals surface area contributed by atoms with Gasteiger partial charge in [0, 0.05) is 30.5 Å². The molecule has 0 unspecified atom stereocenters. The summed E-state index contributed by atoms with van der Waals surface area (Å²) in [5.74, 6) is 0.447. The second kappa shape index (κ2) is 12.7. The molecule has 3 atom stereocenters. The van der Waals surface area contributed by atoms with Crippen LogP contribution in [0.15, 0.2) is 35.0 Å². The normalized spacial score (nSPS) is 17.6. The molecule has 4 rings (SSSR count). The predicted molar refractivity (Wildman–Crippen MR) is 136 cm³/mol. The number of Topliss-reactive ketones (excluding diaryl/α,β-unsaturated/α-hetero) is 1. The van der Waals surface area contributed by atoms with Gasteiger partial charge in [-0.1, -0.05) is 69.7 Å². The van der Waals surface area contributed by atoms with E-state index >= 15 is 0 Å². The number of ether oxygens (including phenoxy) is 2. The van der Waals surface area contributed by atoms with Crippen molar-refractivity contribution < 1.29 is 28.4 Å². The molecule has 0 radical (unpaired) electrons. The van der Waals surface area contributed by atoms with Gasteiger partial charge in [-0.05, 0) is 24.3 Å². The zero-order valence-electron chi connectivity index (χ0n) is 21.7. The van der Waals surface area contributed by atoms with Crippen LogP contribution in [0.2, 0.25) is 0 Å². The third kappa shape index (κ3) is 6.90. The van der Waals surface area contributed by atoms with Crippen LogP contribution in [0.1, 0.15) is 81.3 Å². The number of benzene rings is 1. The van der Waals surface area contributed by atoms with E-state index in [2.05, 4.69) is 15.8 Å². The minimum atomic E-state index is -0.678. The first-order valence-corrected chi connectivity index (χ1v) is 13.4. The van der Waals surface area contributed by atoms with E-state index in [1.807, 2.05) is 32.0 Å². The minimum absolute atomic E-state index is 0.00896. The predicted octanol–water partition coefficient (Wildman–Crippen LogP) is 4.41. The van der Waals surface area contributed by atoms with Gasteiger partial charge in [0.15, 0.2) is 17.3 Å². The van der Waals surface area contributed by atoms with E-state index in [0.717, 1.165) is 37.7 Å². The van der Waals surface area contributed by atoms with Crippen LogP contribution >= 0.6 is 0 Å². The molecule has 37 heavy (non-hydrogen) atoms. The van der Waals surface area contributed by atoms with Crippen LogP contribution < -0.4 is 20.1 Å². The number of carbonyl (C=O) groups is 3. The molecule has 2 amide bonds. The zero-order valence-corrected chi connectivity index (χ0v) is 21.7. The third-order valence-electron chi connectivity index (χ3n) is 7.67. The van der Waals surface area contributed by atoms with Gasteiger partial charge in [-0.3, -0.25) is 14.4 Å². The van der Waals surface area contributed by atoms with E-state index in [9.17, 15) is 14.4 Å². The number of fused-ring (bicyclic) bond motifs is 1. The number of rotatable bonds is 12. The largest absolute Gasteiger partial charge is 0.454 e.